The van der Waals surface area contributed by atoms with E-state index in [4.69, 9.17) is 0 Å². The van der Waals surface area contributed by atoms with Crippen molar-refractivity contribution in [3.05, 3.63) is 41.6 Å². The van der Waals surface area contributed by atoms with Crippen LogP contribution >= 0.6 is 0 Å². The highest BCUT2D eigenvalue weighted by Gasteiger charge is 2.33. The Hall–Kier alpha value is -3.04. The van der Waals surface area contributed by atoms with Gasteiger partial charge in [0.05, 0.1) is 17.5 Å². The fourth-order valence-electron chi connectivity index (χ4n) is 4.09. The highest BCUT2D eigenvalue weighted by Crippen LogP contribution is 2.35. The molecule has 2 aromatic rings. The van der Waals surface area contributed by atoms with E-state index in [0.29, 0.717) is 4.68 Å². The average molecular weight is 420 g/mol. The quantitative estimate of drug-likeness (QED) is 0.805. The molecule has 2 aromatic heterocycles. The number of likely N-dealkylation sites (tertiary alicyclic amines) is 1. The number of anilines is 1. The zero-order valence-electron chi connectivity index (χ0n) is 16.8. The number of nitrogens with one attached hydrogen (secondary N) is 1. The molecule has 160 valence electrons. The van der Waals surface area contributed by atoms with Crippen LogP contribution in [0, 0.1) is 5.82 Å². The van der Waals surface area contributed by atoms with E-state index in [2.05, 4.69) is 20.3 Å². The van der Waals surface area contributed by atoms with E-state index in [1.54, 1.807) is 11.9 Å². The molecule has 0 bridgehead atoms. The van der Waals surface area contributed by atoms with Crippen LogP contribution in [0.3, 0.4) is 0 Å². The molecule has 4 heterocycles. The van der Waals surface area contributed by atoms with Gasteiger partial charge in [0.2, 0.25) is 0 Å². The van der Waals surface area contributed by atoms with Crippen molar-refractivity contribution in [1.29, 1.82) is 0 Å². The van der Waals surface area contributed by atoms with Crippen molar-refractivity contribution in [2.75, 3.05) is 25.0 Å². The third-order valence-electron chi connectivity index (χ3n) is 5.61. The second-order valence-corrected chi connectivity index (χ2v) is 7.51. The molecule has 1 unspecified atom stereocenters. The van der Waals surface area contributed by atoms with Crippen LogP contribution in [0.15, 0.2) is 24.7 Å². The van der Waals surface area contributed by atoms with Gasteiger partial charge in [-0.3, -0.25) is 4.79 Å². The zero-order chi connectivity index (χ0) is 21.4. The number of alkyl halides is 2. The molecule has 2 aliphatic rings. The molecule has 30 heavy (non-hydrogen) atoms. The van der Waals surface area contributed by atoms with Crippen LogP contribution in [-0.2, 0) is 6.54 Å². The summed E-state index contributed by atoms with van der Waals surface area (Å²) in [4.78, 5) is 20.7. The molecule has 1 N–H and O–H groups in total. The van der Waals surface area contributed by atoms with E-state index >= 15 is 4.39 Å². The van der Waals surface area contributed by atoms with E-state index in [0.717, 1.165) is 32.1 Å². The second-order valence-electron chi connectivity index (χ2n) is 7.51. The predicted octanol–water partition coefficient (Wildman–Crippen LogP) is 3.16. The minimum atomic E-state index is -2.82. The van der Waals surface area contributed by atoms with E-state index in [1.165, 1.54) is 6.20 Å². The Morgan fingerprint density at radius 1 is 1.40 bits per heavy atom. The molecule has 0 saturated carbocycles. The number of piperidine rings is 1. The maximum Gasteiger partial charge on any atom is 0.333 e. The number of nitrogens with zero attached hydrogens (tertiary/aromatic N) is 5. The summed E-state index contributed by atoms with van der Waals surface area (Å²) in [6.45, 7) is 0.822. The van der Waals surface area contributed by atoms with Gasteiger partial charge in [-0.05, 0) is 26.0 Å². The van der Waals surface area contributed by atoms with Crippen molar-refractivity contribution in [3.8, 4) is 11.3 Å². The first kappa shape index (κ1) is 20.2. The minimum absolute atomic E-state index is 0.0247. The maximum absolute atomic E-state index is 15.4. The number of amides is 1. The van der Waals surface area contributed by atoms with Crippen molar-refractivity contribution in [2.24, 2.45) is 0 Å². The molecule has 7 nitrogen and oxygen atoms in total. The SMILES string of the molecule is CC=CN1CCCC(N(C)c2nc(-c3cnn(C(F)F)c3)c3c(c2F)CNC3=O)C1. The lowest BCUT2D eigenvalue weighted by Crippen LogP contribution is -2.45. The van der Waals surface area contributed by atoms with Gasteiger partial charge in [-0.1, -0.05) is 6.08 Å². The van der Waals surface area contributed by atoms with Crippen LogP contribution < -0.4 is 10.2 Å². The largest absolute Gasteiger partial charge is 0.376 e. The summed E-state index contributed by atoms with van der Waals surface area (Å²) in [5.41, 5.74) is 0.698. The van der Waals surface area contributed by atoms with Gasteiger partial charge in [0.25, 0.3) is 5.91 Å². The number of halogens is 3. The Balaban J connectivity index is 1.76. The van der Waals surface area contributed by atoms with Gasteiger partial charge in [-0.25, -0.2) is 14.1 Å². The lowest BCUT2D eigenvalue weighted by molar-refractivity contribution is 0.0566. The molecular weight excluding hydrogens is 397 g/mol. The molecular formula is C20H23F3N6O. The number of pyridine rings is 1. The predicted molar refractivity (Wildman–Crippen MR) is 106 cm³/mol. The topological polar surface area (TPSA) is 66.3 Å². The van der Waals surface area contributed by atoms with E-state index < -0.39 is 18.3 Å². The van der Waals surface area contributed by atoms with Crippen LogP contribution in [0.25, 0.3) is 11.3 Å². The summed E-state index contributed by atoms with van der Waals surface area (Å²) in [6.07, 6.45) is 8.15. The van der Waals surface area contributed by atoms with Gasteiger partial charge in [0.1, 0.15) is 0 Å². The number of allylic oxidation sites excluding steroid dienone is 1. The Morgan fingerprint density at radius 2 is 2.20 bits per heavy atom. The van der Waals surface area contributed by atoms with Crippen molar-refractivity contribution in [3.63, 3.8) is 0 Å². The summed E-state index contributed by atoms with van der Waals surface area (Å²) in [5.74, 6) is -0.918. The second kappa shape index (κ2) is 8.00. The molecule has 1 atom stereocenters. The number of carbonyl (C=O) groups is 1. The molecule has 0 radical (unpaired) electrons. The molecule has 1 fully saturated rings. The zero-order valence-corrected chi connectivity index (χ0v) is 16.8. The fourth-order valence-corrected chi connectivity index (χ4v) is 4.09. The summed E-state index contributed by atoms with van der Waals surface area (Å²) in [7, 11) is 1.78. The lowest BCUT2D eigenvalue weighted by atomic mass is 10.0. The third-order valence-corrected chi connectivity index (χ3v) is 5.61. The van der Waals surface area contributed by atoms with E-state index in [-0.39, 0.29) is 40.8 Å². The van der Waals surface area contributed by atoms with Crippen molar-refractivity contribution in [1.82, 2.24) is 25.0 Å². The normalized spacial score (nSPS) is 18.9. The number of likely N-dealkylation sites (N-methyl/N-ethyl adjacent to an activating group) is 1. The number of aromatic nitrogens is 3. The number of rotatable bonds is 5. The molecule has 1 saturated heterocycles. The number of hydrogen-bond acceptors (Lipinski definition) is 5. The molecule has 0 aliphatic carbocycles. The van der Waals surface area contributed by atoms with Gasteiger partial charge in [0.15, 0.2) is 11.6 Å². The lowest BCUT2D eigenvalue weighted by Gasteiger charge is -2.38. The molecule has 1 amide bonds. The average Bonchev–Trinajstić information content (AvgIpc) is 3.37. The number of carbonyl (C=O) groups excluding carboxylic acids is 1. The highest BCUT2D eigenvalue weighted by molar-refractivity contribution is 6.04. The highest BCUT2D eigenvalue weighted by atomic mass is 19.3. The Kier molecular flexibility index (Phi) is 5.40. The van der Waals surface area contributed by atoms with Crippen molar-refractivity contribution >= 4 is 11.7 Å². The van der Waals surface area contributed by atoms with Crippen LogP contribution in [0.4, 0.5) is 19.0 Å². The number of hydrogen-bond donors (Lipinski definition) is 1. The molecule has 10 heteroatoms. The molecule has 2 aliphatic heterocycles. The van der Waals surface area contributed by atoms with Gasteiger partial charge in [0, 0.05) is 50.0 Å². The van der Waals surface area contributed by atoms with Crippen molar-refractivity contribution < 1.29 is 18.0 Å². The van der Waals surface area contributed by atoms with Gasteiger partial charge in [-0.2, -0.15) is 13.9 Å². The molecule has 0 spiro atoms. The first-order valence-corrected chi connectivity index (χ1v) is 9.83. The van der Waals surface area contributed by atoms with Gasteiger partial charge >= 0.3 is 6.55 Å². The van der Waals surface area contributed by atoms with Crippen LogP contribution in [0.2, 0.25) is 0 Å². The smallest absolute Gasteiger partial charge is 0.333 e. The summed E-state index contributed by atoms with van der Waals surface area (Å²) < 4.78 is 41.8. The molecule has 0 aromatic carbocycles. The van der Waals surface area contributed by atoms with Crippen molar-refractivity contribution in [2.45, 2.75) is 38.9 Å². The van der Waals surface area contributed by atoms with Gasteiger partial charge in [-0.15, -0.1) is 0 Å². The van der Waals surface area contributed by atoms with Crippen LogP contribution in [0.1, 0.15) is 42.2 Å². The summed E-state index contributed by atoms with van der Waals surface area (Å²) in [5, 5.41) is 6.24. The van der Waals surface area contributed by atoms with Crippen LogP contribution in [0.5, 0.6) is 0 Å². The standard InChI is InChI=1S/C20H23F3N6O/c1-3-6-28-7-4-5-13(11-28)27(2)18-16(21)14-9-24-19(30)15(14)17(26-18)12-8-25-29(10-12)20(22)23/h3,6,8,10,13,20H,4-5,7,9,11H2,1-2H3,(H,24,30). The Morgan fingerprint density at radius 3 is 2.90 bits per heavy atom. The summed E-state index contributed by atoms with van der Waals surface area (Å²) in [6, 6.07) is 0.0247. The minimum Gasteiger partial charge on any atom is -0.376 e. The monoisotopic (exact) mass is 420 g/mol. The first-order chi connectivity index (χ1) is 14.4. The molecule has 4 rings (SSSR count). The van der Waals surface area contributed by atoms with Gasteiger partial charge < -0.3 is 15.1 Å². The van der Waals surface area contributed by atoms with E-state index in [1.807, 2.05) is 19.2 Å². The fraction of sp³-hybridized carbons (Fsp3) is 0.450. The van der Waals surface area contributed by atoms with E-state index in [9.17, 15) is 13.6 Å². The first-order valence-electron chi connectivity index (χ1n) is 9.83. The third kappa shape index (κ3) is 3.50. The maximum atomic E-state index is 15.4. The summed E-state index contributed by atoms with van der Waals surface area (Å²) >= 11 is 0. The Labute approximate surface area is 172 Å². The Bertz CT molecular complexity index is 989. The van der Waals surface area contributed by atoms with Crippen LogP contribution in [-0.4, -0.2) is 51.8 Å². The number of fused-ring (bicyclic) bond motifs is 1.